The number of hydrazine groups is 1. The van der Waals surface area contributed by atoms with Crippen molar-refractivity contribution in [3.63, 3.8) is 0 Å². The summed E-state index contributed by atoms with van der Waals surface area (Å²) in [5, 5.41) is 2.57. The van der Waals surface area contributed by atoms with Gasteiger partial charge in [0.15, 0.2) is 0 Å². The van der Waals surface area contributed by atoms with Crippen molar-refractivity contribution in [1.82, 2.24) is 19.5 Å². The Morgan fingerprint density at radius 2 is 2.10 bits per heavy atom. The van der Waals surface area contributed by atoms with Crippen LogP contribution in [0.25, 0.3) is 27.8 Å². The Balaban J connectivity index is 1.94. The first kappa shape index (κ1) is 20.7. The molecule has 1 aliphatic rings. The molecule has 0 spiro atoms. The topological polar surface area (TPSA) is 95.2 Å². The second-order valence-electron chi connectivity index (χ2n) is 8.30. The lowest BCUT2D eigenvalue weighted by Crippen LogP contribution is -2.26. The number of pyridine rings is 2. The molecule has 7 nitrogen and oxygen atoms in total. The van der Waals surface area contributed by atoms with E-state index in [0.717, 1.165) is 71.6 Å². The van der Waals surface area contributed by atoms with Crippen LogP contribution in [0, 0.1) is 5.92 Å². The van der Waals surface area contributed by atoms with Gasteiger partial charge < -0.3 is 20.0 Å². The van der Waals surface area contributed by atoms with Crippen LogP contribution < -0.4 is 11.6 Å². The quantitative estimate of drug-likeness (QED) is 0.386. The Kier molecular flexibility index (Phi) is 5.71. The lowest BCUT2D eigenvalue weighted by molar-refractivity contribution is 0.0619. The van der Waals surface area contributed by atoms with Gasteiger partial charge in [0.2, 0.25) is 0 Å². The first-order valence-corrected chi connectivity index (χ1v) is 10.4. The molecule has 3 aromatic heterocycles. The van der Waals surface area contributed by atoms with E-state index in [4.69, 9.17) is 34.1 Å². The van der Waals surface area contributed by atoms with Crippen molar-refractivity contribution >= 4 is 35.6 Å². The Bertz CT molecular complexity index is 1090. The van der Waals surface area contributed by atoms with Crippen molar-refractivity contribution in [3.8, 4) is 0 Å². The second kappa shape index (κ2) is 8.28. The minimum Gasteiger partial charge on any atom is -0.401 e. The maximum atomic E-state index is 6.12. The molecule has 1 saturated heterocycles. The van der Waals surface area contributed by atoms with Crippen LogP contribution in [0.3, 0.4) is 0 Å². The SMILES string of the molecule is [B]C(C)c1ccc2c3ncc(/C(=C(\C)N)N(C)N)cc3n(CC3CCOCC3)c2n1. The number of hydrogen-bond acceptors (Lipinski definition) is 6. The average molecular weight is 404 g/mol. The molecular formula is C22H29BN6O. The van der Waals surface area contributed by atoms with Crippen LogP contribution in [0.1, 0.15) is 43.8 Å². The summed E-state index contributed by atoms with van der Waals surface area (Å²) in [6, 6.07) is 6.18. The Labute approximate surface area is 178 Å². The van der Waals surface area contributed by atoms with Gasteiger partial charge in [-0.15, -0.1) is 0 Å². The molecule has 1 aliphatic heterocycles. The first-order chi connectivity index (χ1) is 14.4. The summed E-state index contributed by atoms with van der Waals surface area (Å²) in [5.41, 5.74) is 12.2. The zero-order valence-corrected chi connectivity index (χ0v) is 17.9. The molecule has 0 aromatic carbocycles. The van der Waals surface area contributed by atoms with E-state index in [-0.39, 0.29) is 5.82 Å². The molecule has 0 aliphatic carbocycles. The number of hydrogen-bond donors (Lipinski definition) is 2. The number of nitrogens with zero attached hydrogens (tertiary/aromatic N) is 4. The minimum atomic E-state index is -0.132. The molecule has 4 rings (SSSR count). The van der Waals surface area contributed by atoms with Crippen LogP contribution in [0.2, 0.25) is 0 Å². The van der Waals surface area contributed by atoms with Gasteiger partial charge in [0.1, 0.15) is 5.65 Å². The number of fused-ring (bicyclic) bond motifs is 3. The summed E-state index contributed by atoms with van der Waals surface area (Å²) < 4.78 is 7.84. The normalized spacial score (nSPS) is 17.3. The van der Waals surface area contributed by atoms with E-state index in [1.807, 2.05) is 26.1 Å². The summed E-state index contributed by atoms with van der Waals surface area (Å²) >= 11 is 0. The molecule has 3 aromatic rings. The van der Waals surface area contributed by atoms with Crippen LogP contribution in [0.15, 0.2) is 30.1 Å². The zero-order chi connectivity index (χ0) is 21.4. The lowest BCUT2D eigenvalue weighted by atomic mass is 9.86. The standard InChI is InChI=1S/C22H29BN6O/c1-13(23)18-5-4-17-20-19(10-16(11-26-20)21(14(2)24)28(3)25)29(22(17)27-18)12-15-6-8-30-9-7-15/h4-5,10-11,13,15H,6-9,12,24-25H2,1-3H3/b21-14-. The molecular weight excluding hydrogens is 375 g/mol. The van der Waals surface area contributed by atoms with Gasteiger partial charge in [-0.3, -0.25) is 4.98 Å². The Hall–Kier alpha value is -2.58. The Morgan fingerprint density at radius 1 is 1.37 bits per heavy atom. The van der Waals surface area contributed by atoms with Crippen molar-refractivity contribution in [2.75, 3.05) is 20.3 Å². The third-order valence-electron chi connectivity index (χ3n) is 5.81. The Morgan fingerprint density at radius 3 is 2.73 bits per heavy atom. The molecule has 4 N–H and O–H groups in total. The molecule has 30 heavy (non-hydrogen) atoms. The van der Waals surface area contributed by atoms with E-state index < -0.39 is 0 Å². The zero-order valence-electron chi connectivity index (χ0n) is 17.9. The van der Waals surface area contributed by atoms with Gasteiger partial charge in [0.05, 0.1) is 24.6 Å². The number of nitrogens with two attached hydrogens (primary N) is 2. The maximum Gasteiger partial charge on any atom is 0.142 e. The highest BCUT2D eigenvalue weighted by Crippen LogP contribution is 2.32. The van der Waals surface area contributed by atoms with Gasteiger partial charge in [0.25, 0.3) is 0 Å². The maximum absolute atomic E-state index is 6.12. The summed E-state index contributed by atoms with van der Waals surface area (Å²) in [6.45, 7) is 6.27. The van der Waals surface area contributed by atoms with Crippen molar-refractivity contribution in [1.29, 1.82) is 0 Å². The molecule has 1 unspecified atom stereocenters. The van der Waals surface area contributed by atoms with E-state index in [1.165, 1.54) is 5.01 Å². The van der Waals surface area contributed by atoms with Crippen molar-refractivity contribution < 1.29 is 4.74 Å². The smallest absolute Gasteiger partial charge is 0.142 e. The summed E-state index contributed by atoms with van der Waals surface area (Å²) in [5.74, 6) is 6.45. The van der Waals surface area contributed by atoms with Crippen LogP contribution in [-0.2, 0) is 11.3 Å². The van der Waals surface area contributed by atoms with E-state index >= 15 is 0 Å². The summed E-state index contributed by atoms with van der Waals surface area (Å²) in [6.07, 6.45) is 3.91. The third-order valence-corrected chi connectivity index (χ3v) is 5.81. The van der Waals surface area contributed by atoms with Crippen molar-refractivity contribution in [2.24, 2.45) is 17.5 Å². The molecule has 8 heteroatoms. The van der Waals surface area contributed by atoms with Crippen molar-refractivity contribution in [2.45, 2.75) is 39.1 Å². The van der Waals surface area contributed by atoms with E-state index in [2.05, 4.69) is 16.7 Å². The van der Waals surface area contributed by atoms with E-state index in [9.17, 15) is 0 Å². The van der Waals surface area contributed by atoms with Gasteiger partial charge in [-0.2, -0.15) is 0 Å². The average Bonchev–Trinajstić information content (AvgIpc) is 3.01. The molecule has 4 heterocycles. The monoisotopic (exact) mass is 404 g/mol. The fourth-order valence-corrected chi connectivity index (χ4v) is 4.30. The molecule has 2 radical (unpaired) electrons. The predicted molar refractivity (Wildman–Crippen MR) is 121 cm³/mol. The summed E-state index contributed by atoms with van der Waals surface area (Å²) in [4.78, 5) is 9.71. The molecule has 1 atom stereocenters. The van der Waals surface area contributed by atoms with Crippen LogP contribution in [-0.4, -0.2) is 47.7 Å². The lowest BCUT2D eigenvalue weighted by Gasteiger charge is -2.23. The second-order valence-corrected chi connectivity index (χ2v) is 8.30. The fraction of sp³-hybridized carbons (Fsp3) is 0.455. The number of allylic oxidation sites excluding steroid dienone is 1. The molecule has 0 saturated carbocycles. The van der Waals surface area contributed by atoms with Gasteiger partial charge in [0, 0.05) is 55.3 Å². The van der Waals surface area contributed by atoms with Gasteiger partial charge in [-0.05, 0) is 49.7 Å². The number of aromatic nitrogens is 3. The highest BCUT2D eigenvalue weighted by Gasteiger charge is 2.21. The van der Waals surface area contributed by atoms with Crippen LogP contribution in [0.5, 0.6) is 0 Å². The fourth-order valence-electron chi connectivity index (χ4n) is 4.30. The molecule has 156 valence electrons. The van der Waals surface area contributed by atoms with Crippen LogP contribution in [0.4, 0.5) is 0 Å². The molecule has 1 fully saturated rings. The van der Waals surface area contributed by atoms with Gasteiger partial charge >= 0.3 is 0 Å². The third kappa shape index (κ3) is 3.77. The van der Waals surface area contributed by atoms with E-state index in [1.54, 1.807) is 7.05 Å². The minimum absolute atomic E-state index is 0.132. The van der Waals surface area contributed by atoms with Crippen molar-refractivity contribution in [3.05, 3.63) is 41.4 Å². The number of rotatable bonds is 5. The first-order valence-electron chi connectivity index (χ1n) is 10.4. The highest BCUT2D eigenvalue weighted by atomic mass is 16.5. The highest BCUT2D eigenvalue weighted by molar-refractivity contribution is 6.12. The largest absolute Gasteiger partial charge is 0.401 e. The number of ether oxygens (including phenoxy) is 1. The van der Waals surface area contributed by atoms with E-state index in [0.29, 0.717) is 11.6 Å². The predicted octanol–water partition coefficient (Wildman–Crippen LogP) is 2.69. The van der Waals surface area contributed by atoms with Crippen LogP contribution >= 0.6 is 0 Å². The molecule has 0 amide bonds. The van der Waals surface area contributed by atoms with Gasteiger partial charge in [-0.25, -0.2) is 10.8 Å². The van der Waals surface area contributed by atoms with Gasteiger partial charge in [-0.1, -0.05) is 6.92 Å². The summed E-state index contributed by atoms with van der Waals surface area (Å²) in [7, 11) is 7.90. The molecule has 0 bridgehead atoms.